The van der Waals surface area contributed by atoms with Gasteiger partial charge in [-0.05, 0) is 54.3 Å². The van der Waals surface area contributed by atoms with Crippen molar-refractivity contribution in [3.8, 4) is 11.1 Å². The molecule has 0 spiro atoms. The molecule has 1 atom stereocenters. The molecule has 1 aromatic heterocycles. The molecule has 4 rings (SSSR count). The lowest BCUT2D eigenvalue weighted by molar-refractivity contribution is 0.0689. The number of aryl methyl sites for hydroxylation is 1. The van der Waals surface area contributed by atoms with Gasteiger partial charge in [0.05, 0.1) is 4.90 Å². The van der Waals surface area contributed by atoms with Crippen molar-refractivity contribution in [2.45, 2.75) is 31.3 Å². The fraction of sp³-hybridized carbons (Fsp3) is 0.320. The quantitative estimate of drug-likeness (QED) is 0.577. The van der Waals surface area contributed by atoms with E-state index in [0.717, 1.165) is 33.5 Å². The molecule has 2 heterocycles. The predicted octanol–water partition coefficient (Wildman–Crippen LogP) is 3.13. The molecular weight excluding hydrogens is 468 g/mol. The van der Waals surface area contributed by atoms with Crippen molar-refractivity contribution in [2.75, 3.05) is 25.9 Å². The van der Waals surface area contributed by atoms with Crippen LogP contribution in [0.15, 0.2) is 59.6 Å². The zero-order valence-electron chi connectivity index (χ0n) is 19.9. The highest BCUT2D eigenvalue weighted by molar-refractivity contribution is 7.90. The maximum absolute atomic E-state index is 12.8. The zero-order valence-corrected chi connectivity index (χ0v) is 20.7. The van der Waals surface area contributed by atoms with E-state index in [2.05, 4.69) is 22.1 Å². The van der Waals surface area contributed by atoms with Gasteiger partial charge in [-0.1, -0.05) is 30.3 Å². The highest BCUT2D eigenvalue weighted by Gasteiger charge is 2.29. The number of aromatic carboxylic acids is 1. The van der Waals surface area contributed by atoms with Gasteiger partial charge < -0.3 is 10.0 Å². The first kappa shape index (κ1) is 24.6. The molecule has 1 amide bonds. The minimum atomic E-state index is -3.27. The first-order chi connectivity index (χ1) is 16.5. The molecule has 2 aromatic carbocycles. The average Bonchev–Trinajstić information content (AvgIpc) is 3.30. The number of hydrogen-bond acceptors (Lipinski definition) is 6. The first-order valence-electron chi connectivity index (χ1n) is 11.3. The van der Waals surface area contributed by atoms with Crippen LogP contribution in [0.2, 0.25) is 0 Å². The van der Waals surface area contributed by atoms with Gasteiger partial charge in [0.15, 0.2) is 15.5 Å². The molecule has 0 radical (unpaired) electrons. The monoisotopic (exact) mass is 496 g/mol. The zero-order chi connectivity index (χ0) is 25.3. The molecule has 35 heavy (non-hydrogen) atoms. The number of nitrogens with zero attached hydrogens (tertiary/aromatic N) is 4. The second kappa shape index (κ2) is 9.63. The van der Waals surface area contributed by atoms with Crippen LogP contribution in [0.4, 0.5) is 4.79 Å². The van der Waals surface area contributed by atoms with E-state index >= 15 is 0 Å². The summed E-state index contributed by atoms with van der Waals surface area (Å²) in [7, 11) is -3.27. The summed E-state index contributed by atoms with van der Waals surface area (Å²) in [5.41, 5.74) is 3.93. The Morgan fingerprint density at radius 1 is 1.09 bits per heavy atom. The van der Waals surface area contributed by atoms with Gasteiger partial charge in [0.2, 0.25) is 0 Å². The Balaban J connectivity index is 1.42. The SMILES string of the molecule is Cc1cc(-c2cccc(S(C)(=O)=O)c2)ccc1CN1CCN(C(=O)n2ccc(C(=O)O)n2)C(C)C1. The van der Waals surface area contributed by atoms with E-state index in [0.29, 0.717) is 24.5 Å². The minimum Gasteiger partial charge on any atom is -0.476 e. The van der Waals surface area contributed by atoms with E-state index < -0.39 is 15.8 Å². The Morgan fingerprint density at radius 3 is 2.46 bits per heavy atom. The Labute approximate surface area is 204 Å². The van der Waals surface area contributed by atoms with Gasteiger partial charge in [0.1, 0.15) is 0 Å². The van der Waals surface area contributed by atoms with Gasteiger partial charge in [0.25, 0.3) is 0 Å². The summed E-state index contributed by atoms with van der Waals surface area (Å²) in [5, 5.41) is 12.9. The van der Waals surface area contributed by atoms with E-state index in [4.69, 9.17) is 5.11 Å². The highest BCUT2D eigenvalue weighted by Crippen LogP contribution is 2.26. The van der Waals surface area contributed by atoms with Gasteiger partial charge in [0, 0.05) is 44.7 Å². The van der Waals surface area contributed by atoms with Gasteiger partial charge in [-0.25, -0.2) is 18.0 Å². The maximum Gasteiger partial charge on any atom is 0.356 e. The molecule has 0 bridgehead atoms. The van der Waals surface area contributed by atoms with Crippen molar-refractivity contribution in [3.63, 3.8) is 0 Å². The van der Waals surface area contributed by atoms with Crippen LogP contribution in [-0.4, -0.2) is 77.0 Å². The van der Waals surface area contributed by atoms with Gasteiger partial charge in [-0.15, -0.1) is 0 Å². The largest absolute Gasteiger partial charge is 0.476 e. The number of carbonyl (C=O) groups is 2. The third-order valence-corrected chi connectivity index (χ3v) is 7.40. The molecule has 3 aromatic rings. The van der Waals surface area contributed by atoms with Crippen LogP contribution in [0.1, 0.15) is 28.5 Å². The van der Waals surface area contributed by atoms with Gasteiger partial charge in [-0.2, -0.15) is 9.78 Å². The van der Waals surface area contributed by atoms with E-state index in [-0.39, 0.29) is 17.8 Å². The third kappa shape index (κ3) is 5.44. The van der Waals surface area contributed by atoms with Crippen LogP contribution in [-0.2, 0) is 16.4 Å². The molecule has 1 unspecified atom stereocenters. The summed E-state index contributed by atoms with van der Waals surface area (Å²) in [6, 6.07) is 14.0. The number of sulfone groups is 1. The van der Waals surface area contributed by atoms with Crippen LogP contribution in [0.3, 0.4) is 0 Å². The molecule has 1 aliphatic heterocycles. The summed E-state index contributed by atoms with van der Waals surface area (Å²) < 4.78 is 24.9. The summed E-state index contributed by atoms with van der Waals surface area (Å²) in [6.07, 6.45) is 2.58. The van der Waals surface area contributed by atoms with Crippen molar-refractivity contribution in [3.05, 3.63) is 71.5 Å². The molecule has 1 saturated heterocycles. The number of amides is 1. The second-order valence-corrected chi connectivity index (χ2v) is 11.0. The molecular formula is C25H28N4O5S. The fourth-order valence-electron chi connectivity index (χ4n) is 4.34. The van der Waals surface area contributed by atoms with E-state index in [9.17, 15) is 18.0 Å². The first-order valence-corrected chi connectivity index (χ1v) is 13.1. The lowest BCUT2D eigenvalue weighted by atomic mass is 9.99. The van der Waals surface area contributed by atoms with Gasteiger partial charge in [-0.3, -0.25) is 4.90 Å². The van der Waals surface area contributed by atoms with Crippen LogP contribution in [0.5, 0.6) is 0 Å². The number of benzene rings is 2. The summed E-state index contributed by atoms with van der Waals surface area (Å²) in [6.45, 7) is 6.61. The Bertz CT molecular complexity index is 1380. The third-order valence-electron chi connectivity index (χ3n) is 6.29. The van der Waals surface area contributed by atoms with Crippen molar-refractivity contribution < 1.29 is 23.1 Å². The van der Waals surface area contributed by atoms with Crippen LogP contribution in [0, 0.1) is 6.92 Å². The molecule has 1 aliphatic rings. The Hall–Kier alpha value is -3.50. The van der Waals surface area contributed by atoms with Crippen molar-refractivity contribution in [1.82, 2.24) is 19.6 Å². The van der Waals surface area contributed by atoms with E-state index in [1.54, 1.807) is 23.1 Å². The lowest BCUT2D eigenvalue weighted by Crippen LogP contribution is -2.54. The van der Waals surface area contributed by atoms with E-state index in [1.807, 2.05) is 26.0 Å². The fourth-order valence-corrected chi connectivity index (χ4v) is 5.00. The lowest BCUT2D eigenvalue weighted by Gasteiger charge is -2.39. The Morgan fingerprint density at radius 2 is 1.83 bits per heavy atom. The molecule has 1 fully saturated rings. The van der Waals surface area contributed by atoms with Crippen LogP contribution in [0.25, 0.3) is 11.1 Å². The number of aromatic nitrogens is 2. The molecule has 184 valence electrons. The Kier molecular flexibility index (Phi) is 6.77. The van der Waals surface area contributed by atoms with Gasteiger partial charge >= 0.3 is 12.0 Å². The van der Waals surface area contributed by atoms with Crippen molar-refractivity contribution in [1.29, 1.82) is 0 Å². The second-order valence-electron chi connectivity index (χ2n) is 8.95. The number of carboxylic acid groups (broad SMARTS) is 1. The highest BCUT2D eigenvalue weighted by atomic mass is 32.2. The normalized spacial score (nSPS) is 16.9. The van der Waals surface area contributed by atoms with E-state index in [1.165, 1.54) is 18.5 Å². The molecule has 0 aliphatic carbocycles. The molecule has 9 nitrogen and oxygen atoms in total. The van der Waals surface area contributed by atoms with Crippen molar-refractivity contribution >= 4 is 21.8 Å². The average molecular weight is 497 g/mol. The van der Waals surface area contributed by atoms with Crippen molar-refractivity contribution in [2.24, 2.45) is 0 Å². The number of hydrogen-bond donors (Lipinski definition) is 1. The van der Waals surface area contributed by atoms with Crippen LogP contribution < -0.4 is 0 Å². The number of rotatable bonds is 5. The maximum atomic E-state index is 12.8. The number of carbonyl (C=O) groups excluding carboxylic acids is 1. The smallest absolute Gasteiger partial charge is 0.356 e. The number of piperazine rings is 1. The minimum absolute atomic E-state index is 0.0629. The molecule has 10 heteroatoms. The summed E-state index contributed by atoms with van der Waals surface area (Å²) >= 11 is 0. The molecule has 0 saturated carbocycles. The summed E-state index contributed by atoms with van der Waals surface area (Å²) in [4.78, 5) is 28.1. The summed E-state index contributed by atoms with van der Waals surface area (Å²) in [5.74, 6) is -1.17. The van der Waals surface area contributed by atoms with Crippen LogP contribution >= 0.6 is 0 Å². The number of carboxylic acids is 1. The topological polar surface area (TPSA) is 113 Å². The predicted molar refractivity (Wildman–Crippen MR) is 131 cm³/mol. The standard InChI is InChI=1S/C25H28N4O5S/c1-17-13-20(19-5-4-6-22(14-19)35(3,33)34)7-8-21(17)16-27-11-12-28(18(2)15-27)25(32)29-10-9-23(26-29)24(30)31/h4-10,13-14,18H,11-12,15-16H2,1-3H3,(H,30,31). The molecule has 1 N–H and O–H groups in total.